The molecule has 3 aromatic carbocycles. The highest BCUT2D eigenvalue weighted by Crippen LogP contribution is 2.28. The number of esters is 1. The van der Waals surface area contributed by atoms with E-state index in [1.165, 1.54) is 6.07 Å². The Morgan fingerprint density at radius 1 is 0.763 bits per heavy atom. The highest BCUT2D eigenvalue weighted by atomic mass is 79.9. The van der Waals surface area contributed by atoms with Gasteiger partial charge in [0.1, 0.15) is 6.61 Å². The number of carbonyl (C=O) groups is 5. The number of rotatable bonds is 10. The first kappa shape index (κ1) is 28.3. The fraction of sp³-hybridized carbons (Fsp3) is 0.179. The summed E-state index contributed by atoms with van der Waals surface area (Å²) in [5.74, 6) is -5.80. The van der Waals surface area contributed by atoms with Crippen LogP contribution in [-0.4, -0.2) is 45.0 Å². The largest absolute Gasteiger partial charge is 0.478 e. The number of benzene rings is 3. The van der Waals surface area contributed by atoms with E-state index in [-0.39, 0.29) is 23.3 Å². The average Bonchev–Trinajstić information content (AvgIpc) is 2.90. The van der Waals surface area contributed by atoms with Crippen LogP contribution in [0, 0.1) is 0 Å². The second-order valence-electron chi connectivity index (χ2n) is 8.51. The number of aromatic carboxylic acids is 3. The zero-order chi connectivity index (χ0) is 28.1. The molecule has 9 nitrogen and oxygen atoms in total. The molecule has 0 radical (unpaired) electrons. The molecule has 1 atom stereocenters. The lowest BCUT2D eigenvalue weighted by Crippen LogP contribution is -2.14. The maximum absolute atomic E-state index is 12.9. The maximum Gasteiger partial charge on any atom is 0.339 e. The Labute approximate surface area is 225 Å². The third kappa shape index (κ3) is 6.15. The van der Waals surface area contributed by atoms with E-state index in [0.29, 0.717) is 11.5 Å². The third-order valence-electron chi connectivity index (χ3n) is 6.05. The summed E-state index contributed by atoms with van der Waals surface area (Å²) in [6, 6.07) is 12.0. The van der Waals surface area contributed by atoms with Gasteiger partial charge in [0, 0.05) is 15.6 Å². The molecule has 0 saturated heterocycles. The van der Waals surface area contributed by atoms with Crippen molar-refractivity contribution in [2.75, 3.05) is 0 Å². The number of ketones is 1. The Morgan fingerprint density at radius 2 is 1.29 bits per heavy atom. The van der Waals surface area contributed by atoms with Gasteiger partial charge in [0.25, 0.3) is 0 Å². The van der Waals surface area contributed by atoms with Crippen LogP contribution in [0.15, 0.2) is 59.1 Å². The summed E-state index contributed by atoms with van der Waals surface area (Å²) in [6.45, 7) is 4.07. The smallest absolute Gasteiger partial charge is 0.339 e. The molecule has 0 fully saturated rings. The molecule has 0 aromatic heterocycles. The molecule has 196 valence electrons. The molecule has 0 aliphatic carbocycles. The standard InChI is InChI=1S/C28H23BrO9/c1-3-14(2)18-7-4-15(10-23(18)29)13-38-28(37)20-9-6-17(12-22(20)27(35)36)24(30)16-5-8-19(25(31)32)21(11-16)26(33)34/h4-12,14H,3,13H2,1-2H3,(H,31,32)(H,33,34)(H,35,36). The van der Waals surface area contributed by atoms with Gasteiger partial charge in [-0.3, -0.25) is 4.79 Å². The molecule has 10 heteroatoms. The van der Waals surface area contributed by atoms with Crippen molar-refractivity contribution in [1.29, 1.82) is 0 Å². The molecule has 0 bridgehead atoms. The summed E-state index contributed by atoms with van der Waals surface area (Å²) in [5.41, 5.74) is -0.324. The van der Waals surface area contributed by atoms with E-state index in [0.717, 1.165) is 46.8 Å². The molecule has 0 saturated carbocycles. The molecule has 0 spiro atoms. The van der Waals surface area contributed by atoms with Gasteiger partial charge in [-0.05, 0) is 53.8 Å². The lowest BCUT2D eigenvalue weighted by Gasteiger charge is -2.13. The zero-order valence-corrected chi connectivity index (χ0v) is 21.9. The van der Waals surface area contributed by atoms with Crippen molar-refractivity contribution in [1.82, 2.24) is 0 Å². The number of carboxylic acid groups (broad SMARTS) is 3. The first-order valence-corrected chi connectivity index (χ1v) is 12.2. The molecule has 38 heavy (non-hydrogen) atoms. The molecule has 3 N–H and O–H groups in total. The van der Waals surface area contributed by atoms with Gasteiger partial charge >= 0.3 is 23.9 Å². The van der Waals surface area contributed by atoms with Crippen LogP contribution < -0.4 is 0 Å². The van der Waals surface area contributed by atoms with Gasteiger partial charge in [0.2, 0.25) is 0 Å². The van der Waals surface area contributed by atoms with Gasteiger partial charge < -0.3 is 20.1 Å². The van der Waals surface area contributed by atoms with Crippen molar-refractivity contribution >= 4 is 45.6 Å². The minimum atomic E-state index is -1.54. The van der Waals surface area contributed by atoms with Crippen molar-refractivity contribution < 1.29 is 44.0 Å². The van der Waals surface area contributed by atoms with Gasteiger partial charge in [-0.2, -0.15) is 0 Å². The van der Waals surface area contributed by atoms with E-state index < -0.39 is 46.4 Å². The van der Waals surface area contributed by atoms with Gasteiger partial charge in [0.05, 0.1) is 22.3 Å². The van der Waals surface area contributed by atoms with Crippen molar-refractivity contribution in [3.63, 3.8) is 0 Å². The first-order chi connectivity index (χ1) is 17.9. The van der Waals surface area contributed by atoms with Crippen molar-refractivity contribution in [3.05, 3.63) is 104 Å². The van der Waals surface area contributed by atoms with Gasteiger partial charge in [-0.25, -0.2) is 19.2 Å². The molecule has 0 aliphatic heterocycles. The highest BCUT2D eigenvalue weighted by Gasteiger charge is 2.23. The lowest BCUT2D eigenvalue weighted by atomic mass is 9.95. The molecule has 0 aliphatic rings. The molecule has 1 unspecified atom stereocenters. The normalized spacial score (nSPS) is 11.4. The van der Waals surface area contributed by atoms with Crippen LogP contribution in [0.2, 0.25) is 0 Å². The second-order valence-corrected chi connectivity index (χ2v) is 9.36. The number of hydrogen-bond acceptors (Lipinski definition) is 6. The predicted octanol–water partition coefficient (Wildman–Crippen LogP) is 5.65. The summed E-state index contributed by atoms with van der Waals surface area (Å²) in [4.78, 5) is 60.2. The molecule has 0 heterocycles. The van der Waals surface area contributed by atoms with E-state index in [1.807, 2.05) is 18.2 Å². The minimum absolute atomic E-state index is 0.105. The fourth-order valence-electron chi connectivity index (χ4n) is 3.76. The van der Waals surface area contributed by atoms with Crippen LogP contribution in [0.1, 0.15) is 94.7 Å². The zero-order valence-electron chi connectivity index (χ0n) is 20.4. The van der Waals surface area contributed by atoms with Crippen LogP contribution in [0.25, 0.3) is 0 Å². The van der Waals surface area contributed by atoms with E-state index in [9.17, 15) is 34.2 Å². The van der Waals surface area contributed by atoms with Gasteiger partial charge in [-0.1, -0.05) is 54.0 Å². The fourth-order valence-corrected chi connectivity index (χ4v) is 4.58. The quantitative estimate of drug-likeness (QED) is 0.203. The highest BCUT2D eigenvalue weighted by molar-refractivity contribution is 9.10. The SMILES string of the molecule is CCC(C)c1ccc(COC(=O)c2ccc(C(=O)c3ccc(C(=O)O)c(C(=O)O)c3)cc2C(=O)O)cc1Br. The number of carboxylic acids is 3. The number of ether oxygens (including phenoxy) is 1. The molecule has 3 rings (SSSR count). The maximum atomic E-state index is 12.9. The Morgan fingerprint density at radius 3 is 1.79 bits per heavy atom. The summed E-state index contributed by atoms with van der Waals surface area (Å²) < 4.78 is 6.19. The van der Waals surface area contributed by atoms with Crippen molar-refractivity contribution in [2.24, 2.45) is 0 Å². The predicted molar refractivity (Wildman–Crippen MR) is 139 cm³/mol. The Balaban J connectivity index is 1.85. The van der Waals surface area contributed by atoms with Crippen LogP contribution in [0.5, 0.6) is 0 Å². The number of hydrogen-bond donors (Lipinski definition) is 3. The van der Waals surface area contributed by atoms with Crippen LogP contribution in [0.3, 0.4) is 0 Å². The summed E-state index contributed by atoms with van der Waals surface area (Å²) in [5, 5.41) is 28.1. The average molecular weight is 583 g/mol. The summed E-state index contributed by atoms with van der Waals surface area (Å²) >= 11 is 3.52. The molecular formula is C28H23BrO9. The van der Waals surface area contributed by atoms with Gasteiger partial charge in [-0.15, -0.1) is 0 Å². The number of halogens is 1. The van der Waals surface area contributed by atoms with E-state index in [1.54, 1.807) is 0 Å². The van der Waals surface area contributed by atoms with Gasteiger partial charge in [0.15, 0.2) is 5.78 Å². The van der Waals surface area contributed by atoms with E-state index in [2.05, 4.69) is 29.8 Å². The Bertz CT molecular complexity index is 1460. The summed E-state index contributed by atoms with van der Waals surface area (Å²) in [6.07, 6.45) is 0.956. The van der Waals surface area contributed by atoms with Crippen molar-refractivity contribution in [2.45, 2.75) is 32.8 Å². The monoisotopic (exact) mass is 582 g/mol. The lowest BCUT2D eigenvalue weighted by molar-refractivity contribution is 0.0463. The molecular weight excluding hydrogens is 560 g/mol. The molecule has 0 amide bonds. The van der Waals surface area contributed by atoms with Crippen LogP contribution in [0.4, 0.5) is 0 Å². The third-order valence-corrected chi connectivity index (χ3v) is 6.74. The molecule has 3 aromatic rings. The second kappa shape index (κ2) is 11.8. The van der Waals surface area contributed by atoms with E-state index >= 15 is 0 Å². The van der Waals surface area contributed by atoms with Crippen molar-refractivity contribution in [3.8, 4) is 0 Å². The Kier molecular flexibility index (Phi) is 8.80. The minimum Gasteiger partial charge on any atom is -0.478 e. The Hall–Kier alpha value is -4.31. The summed E-state index contributed by atoms with van der Waals surface area (Å²) in [7, 11) is 0. The topological polar surface area (TPSA) is 155 Å². The van der Waals surface area contributed by atoms with Crippen LogP contribution >= 0.6 is 15.9 Å². The first-order valence-electron chi connectivity index (χ1n) is 11.4. The number of carbonyl (C=O) groups excluding carboxylic acids is 2. The van der Waals surface area contributed by atoms with Crippen LogP contribution in [-0.2, 0) is 11.3 Å². The van der Waals surface area contributed by atoms with E-state index in [4.69, 9.17) is 9.84 Å².